The number of fused-ring (bicyclic) bond motifs is 1. The van der Waals surface area contributed by atoms with Gasteiger partial charge in [0.25, 0.3) is 0 Å². The lowest BCUT2D eigenvalue weighted by molar-refractivity contribution is 0.291. The van der Waals surface area contributed by atoms with Crippen molar-refractivity contribution in [3.63, 3.8) is 0 Å². The van der Waals surface area contributed by atoms with Crippen molar-refractivity contribution >= 4 is 0 Å². The average molecular weight is 290 g/mol. The van der Waals surface area contributed by atoms with Gasteiger partial charge >= 0.3 is 0 Å². The van der Waals surface area contributed by atoms with E-state index in [0.717, 1.165) is 44.2 Å². The molecule has 21 heavy (non-hydrogen) atoms. The van der Waals surface area contributed by atoms with Gasteiger partial charge in [-0.15, -0.1) is 0 Å². The van der Waals surface area contributed by atoms with Crippen molar-refractivity contribution in [1.82, 2.24) is 10.2 Å². The molecule has 3 rings (SSSR count). The summed E-state index contributed by atoms with van der Waals surface area (Å²) in [7, 11) is 0. The monoisotopic (exact) mass is 290 g/mol. The molecule has 1 unspecified atom stereocenters. The topological polar surface area (TPSA) is 33.7 Å². The highest BCUT2D eigenvalue weighted by Crippen LogP contribution is 2.33. The maximum absolute atomic E-state index is 5.87. The van der Waals surface area contributed by atoms with Gasteiger partial charge in [0.1, 0.15) is 0 Å². The number of rotatable bonds is 5. The van der Waals surface area contributed by atoms with Crippen molar-refractivity contribution in [2.45, 2.75) is 38.8 Å². The van der Waals surface area contributed by atoms with Crippen LogP contribution in [0.25, 0.3) is 0 Å². The second kappa shape index (κ2) is 7.14. The number of benzene rings is 1. The zero-order valence-electron chi connectivity index (χ0n) is 12.9. The lowest BCUT2D eigenvalue weighted by Crippen LogP contribution is -2.37. The molecule has 0 amide bonds. The van der Waals surface area contributed by atoms with Crippen molar-refractivity contribution in [1.29, 1.82) is 0 Å². The molecule has 0 aromatic heterocycles. The van der Waals surface area contributed by atoms with Gasteiger partial charge in [-0.25, -0.2) is 0 Å². The summed E-state index contributed by atoms with van der Waals surface area (Å²) in [6.07, 6.45) is 3.65. The summed E-state index contributed by atoms with van der Waals surface area (Å²) in [5.74, 6) is 1.81. The Morgan fingerprint density at radius 1 is 1.14 bits per heavy atom. The molecule has 1 atom stereocenters. The number of para-hydroxylation sites is 1. The van der Waals surface area contributed by atoms with Crippen molar-refractivity contribution < 1.29 is 9.47 Å². The van der Waals surface area contributed by atoms with Gasteiger partial charge in [-0.1, -0.05) is 12.1 Å². The zero-order chi connectivity index (χ0) is 14.5. The van der Waals surface area contributed by atoms with Crippen LogP contribution >= 0.6 is 0 Å². The van der Waals surface area contributed by atoms with Crippen molar-refractivity contribution in [3.05, 3.63) is 23.8 Å². The number of nitrogens with zero attached hydrogens (tertiary/aromatic N) is 1. The van der Waals surface area contributed by atoms with E-state index in [4.69, 9.17) is 9.47 Å². The summed E-state index contributed by atoms with van der Waals surface area (Å²) in [4.78, 5) is 2.54. The lowest BCUT2D eigenvalue weighted by atomic mass is 10.1. The van der Waals surface area contributed by atoms with E-state index in [1.54, 1.807) is 0 Å². The molecule has 2 heterocycles. The normalized spacial score (nSPS) is 20.2. The Hall–Kier alpha value is -1.26. The SMILES string of the molecule is CC(CN1CCCC1)NCc1cccc2c1OCCCO2. The Balaban J connectivity index is 1.57. The van der Waals surface area contributed by atoms with Gasteiger partial charge in [0.05, 0.1) is 13.2 Å². The molecule has 1 aromatic rings. The molecular formula is C17H26N2O2. The van der Waals surface area contributed by atoms with Crippen LogP contribution < -0.4 is 14.8 Å². The highest BCUT2D eigenvalue weighted by atomic mass is 16.5. The van der Waals surface area contributed by atoms with E-state index in [1.807, 2.05) is 6.07 Å². The first-order valence-electron chi connectivity index (χ1n) is 8.16. The Morgan fingerprint density at radius 2 is 1.95 bits per heavy atom. The third kappa shape index (κ3) is 3.89. The second-order valence-electron chi connectivity index (χ2n) is 6.08. The number of hydrogen-bond acceptors (Lipinski definition) is 4. The Kier molecular flexibility index (Phi) is 4.99. The first-order valence-corrected chi connectivity index (χ1v) is 8.16. The van der Waals surface area contributed by atoms with E-state index in [1.165, 1.54) is 31.5 Å². The fourth-order valence-electron chi connectivity index (χ4n) is 3.09. The number of likely N-dealkylation sites (tertiary alicyclic amines) is 1. The molecule has 2 aliphatic heterocycles. The Labute approximate surface area is 127 Å². The van der Waals surface area contributed by atoms with Crippen molar-refractivity contribution in [2.24, 2.45) is 0 Å². The van der Waals surface area contributed by atoms with Gasteiger partial charge in [-0.05, 0) is 38.9 Å². The molecule has 1 saturated heterocycles. The van der Waals surface area contributed by atoms with Crippen LogP contribution in [0.4, 0.5) is 0 Å². The van der Waals surface area contributed by atoms with E-state index >= 15 is 0 Å². The molecule has 116 valence electrons. The van der Waals surface area contributed by atoms with Gasteiger partial charge in [0.15, 0.2) is 11.5 Å². The van der Waals surface area contributed by atoms with Gasteiger partial charge in [-0.3, -0.25) is 0 Å². The molecular weight excluding hydrogens is 264 g/mol. The number of hydrogen-bond donors (Lipinski definition) is 1. The number of nitrogens with one attached hydrogen (secondary N) is 1. The predicted octanol–water partition coefficient (Wildman–Crippen LogP) is 2.42. The Morgan fingerprint density at radius 3 is 2.81 bits per heavy atom. The van der Waals surface area contributed by atoms with Gasteiger partial charge in [0, 0.05) is 31.1 Å². The largest absolute Gasteiger partial charge is 0.490 e. The third-order valence-electron chi connectivity index (χ3n) is 4.22. The average Bonchev–Trinajstić information content (AvgIpc) is 2.87. The molecule has 1 aromatic carbocycles. The van der Waals surface area contributed by atoms with Crippen molar-refractivity contribution in [3.8, 4) is 11.5 Å². The fourth-order valence-corrected chi connectivity index (χ4v) is 3.09. The molecule has 4 nitrogen and oxygen atoms in total. The summed E-state index contributed by atoms with van der Waals surface area (Å²) in [5.41, 5.74) is 1.20. The predicted molar refractivity (Wildman–Crippen MR) is 84.0 cm³/mol. The summed E-state index contributed by atoms with van der Waals surface area (Å²) in [6, 6.07) is 6.67. The molecule has 1 N–H and O–H groups in total. The molecule has 0 saturated carbocycles. The van der Waals surface area contributed by atoms with E-state index in [2.05, 4.69) is 29.3 Å². The first kappa shape index (κ1) is 14.7. The molecule has 0 bridgehead atoms. The highest BCUT2D eigenvalue weighted by molar-refractivity contribution is 5.47. The summed E-state index contributed by atoms with van der Waals surface area (Å²) in [5, 5.41) is 3.62. The third-order valence-corrected chi connectivity index (χ3v) is 4.22. The second-order valence-corrected chi connectivity index (χ2v) is 6.08. The number of ether oxygens (including phenoxy) is 2. The van der Waals surface area contributed by atoms with Gasteiger partial charge in [-0.2, -0.15) is 0 Å². The van der Waals surface area contributed by atoms with Crippen LogP contribution in [-0.2, 0) is 6.54 Å². The maximum atomic E-state index is 5.87. The summed E-state index contributed by atoms with van der Waals surface area (Å²) >= 11 is 0. The fraction of sp³-hybridized carbons (Fsp3) is 0.647. The van der Waals surface area contributed by atoms with Gasteiger partial charge in [0.2, 0.25) is 0 Å². The van der Waals surface area contributed by atoms with E-state index in [-0.39, 0.29) is 0 Å². The zero-order valence-corrected chi connectivity index (χ0v) is 12.9. The molecule has 2 aliphatic rings. The maximum Gasteiger partial charge on any atom is 0.165 e. The molecule has 0 radical (unpaired) electrons. The van der Waals surface area contributed by atoms with Crippen LogP contribution in [0.3, 0.4) is 0 Å². The quantitative estimate of drug-likeness (QED) is 0.903. The van der Waals surface area contributed by atoms with Crippen LogP contribution in [0.5, 0.6) is 11.5 Å². The van der Waals surface area contributed by atoms with Crippen molar-refractivity contribution in [2.75, 3.05) is 32.8 Å². The summed E-state index contributed by atoms with van der Waals surface area (Å²) < 4.78 is 11.6. The van der Waals surface area contributed by atoms with E-state index < -0.39 is 0 Å². The minimum atomic E-state index is 0.491. The van der Waals surface area contributed by atoms with E-state index in [9.17, 15) is 0 Å². The minimum Gasteiger partial charge on any atom is -0.490 e. The van der Waals surface area contributed by atoms with Crippen LogP contribution in [0.2, 0.25) is 0 Å². The molecule has 0 aliphatic carbocycles. The van der Waals surface area contributed by atoms with Gasteiger partial charge < -0.3 is 19.7 Å². The van der Waals surface area contributed by atoms with Crippen LogP contribution in [0.15, 0.2) is 18.2 Å². The smallest absolute Gasteiger partial charge is 0.165 e. The lowest BCUT2D eigenvalue weighted by Gasteiger charge is -2.22. The first-order chi connectivity index (χ1) is 10.3. The van der Waals surface area contributed by atoms with Crippen LogP contribution in [0, 0.1) is 0 Å². The molecule has 1 fully saturated rings. The summed E-state index contributed by atoms with van der Waals surface area (Å²) in [6.45, 7) is 8.22. The van der Waals surface area contributed by atoms with Crippen LogP contribution in [-0.4, -0.2) is 43.8 Å². The standard InChI is InChI=1S/C17H26N2O2/c1-14(13-19-8-2-3-9-19)18-12-15-6-4-7-16-17(15)21-11-5-10-20-16/h4,6-7,14,18H,2-3,5,8-13H2,1H3. The minimum absolute atomic E-state index is 0.491. The highest BCUT2D eigenvalue weighted by Gasteiger charge is 2.17. The Bertz CT molecular complexity index is 458. The molecule has 4 heteroatoms. The van der Waals surface area contributed by atoms with Crippen LogP contribution in [0.1, 0.15) is 31.7 Å². The molecule has 0 spiro atoms. The van der Waals surface area contributed by atoms with E-state index in [0.29, 0.717) is 6.04 Å².